The van der Waals surface area contributed by atoms with E-state index in [-0.39, 0.29) is 24.4 Å². The van der Waals surface area contributed by atoms with Crippen molar-refractivity contribution in [2.45, 2.75) is 13.0 Å². The monoisotopic (exact) mass is 303 g/mol. The number of carboxylic acids is 1. The van der Waals surface area contributed by atoms with Crippen molar-refractivity contribution in [2.24, 2.45) is 0 Å². The highest BCUT2D eigenvalue weighted by Gasteiger charge is 2.07. The number of carbonyl (C=O) groups excluding carboxylic acids is 1. The number of aromatic carboxylic acids is 1. The van der Waals surface area contributed by atoms with Crippen LogP contribution < -0.4 is 5.32 Å². The van der Waals surface area contributed by atoms with Crippen molar-refractivity contribution in [3.05, 3.63) is 70.2 Å². The minimum Gasteiger partial charge on any atom is -0.478 e. The highest BCUT2D eigenvalue weighted by Crippen LogP contribution is 2.15. The molecular formula is C16H14ClNO3. The number of benzene rings is 2. The molecule has 0 aromatic heterocycles. The molecule has 1 amide bonds. The van der Waals surface area contributed by atoms with Gasteiger partial charge in [0.1, 0.15) is 0 Å². The Bertz CT molecular complexity index is 670. The van der Waals surface area contributed by atoms with E-state index in [0.717, 1.165) is 11.1 Å². The summed E-state index contributed by atoms with van der Waals surface area (Å²) in [5, 5.41) is 12.2. The summed E-state index contributed by atoms with van der Waals surface area (Å²) in [4.78, 5) is 22.7. The lowest BCUT2D eigenvalue weighted by Crippen LogP contribution is -2.24. The maximum Gasteiger partial charge on any atom is 0.335 e. The van der Waals surface area contributed by atoms with E-state index in [1.54, 1.807) is 30.3 Å². The van der Waals surface area contributed by atoms with Crippen LogP contribution in [0, 0.1) is 0 Å². The predicted molar refractivity (Wildman–Crippen MR) is 80.4 cm³/mol. The van der Waals surface area contributed by atoms with Gasteiger partial charge >= 0.3 is 5.97 Å². The second-order valence-electron chi connectivity index (χ2n) is 4.55. The van der Waals surface area contributed by atoms with Crippen LogP contribution in [0.5, 0.6) is 0 Å². The molecule has 0 fully saturated rings. The molecule has 2 aromatic rings. The van der Waals surface area contributed by atoms with Crippen molar-refractivity contribution < 1.29 is 14.7 Å². The van der Waals surface area contributed by atoms with Crippen LogP contribution in [0.3, 0.4) is 0 Å². The van der Waals surface area contributed by atoms with E-state index in [4.69, 9.17) is 16.7 Å². The molecule has 0 bridgehead atoms. The van der Waals surface area contributed by atoms with Crippen molar-refractivity contribution in [1.82, 2.24) is 5.32 Å². The van der Waals surface area contributed by atoms with Gasteiger partial charge in [-0.15, -0.1) is 0 Å². The first-order valence-corrected chi connectivity index (χ1v) is 6.76. The van der Waals surface area contributed by atoms with Crippen LogP contribution in [0.1, 0.15) is 21.5 Å². The molecule has 0 unspecified atom stereocenters. The number of rotatable bonds is 5. The van der Waals surface area contributed by atoms with Gasteiger partial charge in [0.25, 0.3) is 0 Å². The number of amides is 1. The molecule has 0 atom stereocenters. The minimum atomic E-state index is -0.987. The van der Waals surface area contributed by atoms with Crippen LogP contribution in [0.25, 0.3) is 0 Å². The molecule has 0 aliphatic rings. The molecule has 4 nitrogen and oxygen atoms in total. The molecule has 5 heteroatoms. The third kappa shape index (κ3) is 4.33. The molecule has 108 valence electrons. The third-order valence-electron chi connectivity index (χ3n) is 2.97. The summed E-state index contributed by atoms with van der Waals surface area (Å²) < 4.78 is 0. The SMILES string of the molecule is O=C(Cc1ccccc1Cl)NCc1cccc(C(=O)O)c1. The Morgan fingerprint density at radius 3 is 2.57 bits per heavy atom. The number of carbonyl (C=O) groups is 2. The van der Waals surface area contributed by atoms with E-state index >= 15 is 0 Å². The number of hydrogen-bond donors (Lipinski definition) is 2. The van der Waals surface area contributed by atoms with Crippen LogP contribution in [0.15, 0.2) is 48.5 Å². The fourth-order valence-corrected chi connectivity index (χ4v) is 2.09. The first kappa shape index (κ1) is 15.1. The molecule has 2 aromatic carbocycles. The van der Waals surface area contributed by atoms with Crippen LogP contribution in [0.4, 0.5) is 0 Å². The fourth-order valence-electron chi connectivity index (χ4n) is 1.89. The highest BCUT2D eigenvalue weighted by atomic mass is 35.5. The number of hydrogen-bond acceptors (Lipinski definition) is 2. The zero-order chi connectivity index (χ0) is 15.2. The van der Waals surface area contributed by atoms with Gasteiger partial charge in [0.15, 0.2) is 0 Å². The van der Waals surface area contributed by atoms with E-state index in [1.807, 2.05) is 6.07 Å². The predicted octanol–water partition coefficient (Wildman–Crippen LogP) is 2.90. The summed E-state index contributed by atoms with van der Waals surface area (Å²) in [5.74, 6) is -1.15. The number of nitrogens with one attached hydrogen (secondary N) is 1. The average Bonchev–Trinajstić information content (AvgIpc) is 2.48. The van der Waals surface area contributed by atoms with Crippen molar-refractivity contribution in [1.29, 1.82) is 0 Å². The van der Waals surface area contributed by atoms with E-state index in [1.165, 1.54) is 12.1 Å². The second-order valence-corrected chi connectivity index (χ2v) is 4.96. The Kier molecular flexibility index (Phi) is 4.95. The maximum absolute atomic E-state index is 11.9. The zero-order valence-corrected chi connectivity index (χ0v) is 11.9. The van der Waals surface area contributed by atoms with Gasteiger partial charge in [-0.05, 0) is 29.3 Å². The summed E-state index contributed by atoms with van der Waals surface area (Å²) >= 11 is 6.00. The average molecular weight is 304 g/mol. The summed E-state index contributed by atoms with van der Waals surface area (Å²) in [6.07, 6.45) is 0.193. The number of halogens is 1. The summed E-state index contributed by atoms with van der Waals surface area (Å²) in [5.41, 5.74) is 1.70. The molecule has 0 aliphatic carbocycles. The van der Waals surface area contributed by atoms with Gasteiger partial charge in [0.2, 0.25) is 5.91 Å². The van der Waals surface area contributed by atoms with Gasteiger partial charge < -0.3 is 10.4 Å². The normalized spacial score (nSPS) is 10.1. The molecule has 0 radical (unpaired) electrons. The first-order chi connectivity index (χ1) is 10.1. The van der Waals surface area contributed by atoms with Crippen LogP contribution >= 0.6 is 11.6 Å². The van der Waals surface area contributed by atoms with Crippen LogP contribution in [0.2, 0.25) is 5.02 Å². The van der Waals surface area contributed by atoms with Crippen molar-refractivity contribution in [3.8, 4) is 0 Å². The standard InChI is InChI=1S/C16H14ClNO3/c17-14-7-2-1-5-12(14)9-15(19)18-10-11-4-3-6-13(8-11)16(20)21/h1-8H,9-10H2,(H,18,19)(H,20,21). The van der Waals surface area contributed by atoms with Gasteiger partial charge in [-0.2, -0.15) is 0 Å². The summed E-state index contributed by atoms with van der Waals surface area (Å²) in [7, 11) is 0. The highest BCUT2D eigenvalue weighted by molar-refractivity contribution is 6.31. The molecular weight excluding hydrogens is 290 g/mol. The van der Waals surface area contributed by atoms with E-state index in [9.17, 15) is 9.59 Å². The molecule has 0 aliphatic heterocycles. The third-order valence-corrected chi connectivity index (χ3v) is 3.34. The molecule has 0 heterocycles. The Hall–Kier alpha value is -2.33. The molecule has 0 saturated heterocycles. The van der Waals surface area contributed by atoms with Crippen molar-refractivity contribution in [2.75, 3.05) is 0 Å². The lowest BCUT2D eigenvalue weighted by molar-refractivity contribution is -0.120. The van der Waals surface area contributed by atoms with E-state index < -0.39 is 5.97 Å². The van der Waals surface area contributed by atoms with Gasteiger partial charge in [0.05, 0.1) is 12.0 Å². The maximum atomic E-state index is 11.9. The Morgan fingerprint density at radius 2 is 1.86 bits per heavy atom. The van der Waals surface area contributed by atoms with Crippen molar-refractivity contribution >= 4 is 23.5 Å². The number of carboxylic acid groups (broad SMARTS) is 1. The quantitative estimate of drug-likeness (QED) is 0.892. The van der Waals surface area contributed by atoms with E-state index in [2.05, 4.69) is 5.32 Å². The molecule has 21 heavy (non-hydrogen) atoms. The van der Waals surface area contributed by atoms with Gasteiger partial charge in [0, 0.05) is 11.6 Å². The Labute approximate surface area is 127 Å². The molecule has 0 saturated carbocycles. The molecule has 0 spiro atoms. The van der Waals surface area contributed by atoms with Crippen LogP contribution in [-0.4, -0.2) is 17.0 Å². The van der Waals surface area contributed by atoms with Crippen molar-refractivity contribution in [3.63, 3.8) is 0 Å². The summed E-state index contributed by atoms with van der Waals surface area (Å²) in [6, 6.07) is 13.6. The second kappa shape index (κ2) is 6.90. The smallest absolute Gasteiger partial charge is 0.335 e. The van der Waals surface area contributed by atoms with Gasteiger partial charge in [-0.1, -0.05) is 41.9 Å². The molecule has 2 rings (SSSR count). The van der Waals surface area contributed by atoms with Crippen LogP contribution in [-0.2, 0) is 17.8 Å². The molecule has 2 N–H and O–H groups in total. The van der Waals surface area contributed by atoms with Gasteiger partial charge in [-0.25, -0.2) is 4.79 Å². The Morgan fingerprint density at radius 1 is 1.10 bits per heavy atom. The zero-order valence-electron chi connectivity index (χ0n) is 11.2. The summed E-state index contributed by atoms with van der Waals surface area (Å²) in [6.45, 7) is 0.282. The lowest BCUT2D eigenvalue weighted by Gasteiger charge is -2.07. The Balaban J connectivity index is 1.94. The fraction of sp³-hybridized carbons (Fsp3) is 0.125. The first-order valence-electron chi connectivity index (χ1n) is 6.38. The van der Waals surface area contributed by atoms with Gasteiger partial charge in [-0.3, -0.25) is 4.79 Å². The lowest BCUT2D eigenvalue weighted by atomic mass is 10.1. The largest absolute Gasteiger partial charge is 0.478 e. The minimum absolute atomic E-state index is 0.163. The topological polar surface area (TPSA) is 66.4 Å². The van der Waals surface area contributed by atoms with E-state index in [0.29, 0.717) is 5.02 Å².